The van der Waals surface area contributed by atoms with Gasteiger partial charge >= 0.3 is 29.6 Å². The van der Waals surface area contributed by atoms with Crippen molar-refractivity contribution >= 4 is 39.7 Å². The summed E-state index contributed by atoms with van der Waals surface area (Å²) in [5.74, 6) is -1.30. The van der Waals surface area contributed by atoms with E-state index in [1.165, 1.54) is 30.0 Å². The van der Waals surface area contributed by atoms with Crippen LogP contribution in [0, 0.1) is 0 Å². The SMILES string of the molecule is CSc1ccc2oc3cc(C(=O)[O-])ccc3c(=O)c2c1.[Na+]. The molecule has 1 heterocycles. The number of hydrogen-bond acceptors (Lipinski definition) is 5. The average Bonchev–Trinajstić information content (AvgIpc) is 2.46. The molecule has 3 rings (SSSR count). The average molecular weight is 308 g/mol. The Morgan fingerprint density at radius 3 is 2.52 bits per heavy atom. The molecular weight excluding hydrogens is 299 g/mol. The largest absolute Gasteiger partial charge is 1.00 e. The summed E-state index contributed by atoms with van der Waals surface area (Å²) in [5.41, 5.74) is 0.514. The van der Waals surface area contributed by atoms with Crippen molar-refractivity contribution in [1.82, 2.24) is 0 Å². The van der Waals surface area contributed by atoms with Crippen molar-refractivity contribution < 1.29 is 43.9 Å². The Hall–Kier alpha value is -1.27. The van der Waals surface area contributed by atoms with E-state index in [1.54, 1.807) is 12.1 Å². The molecule has 0 saturated carbocycles. The van der Waals surface area contributed by atoms with Gasteiger partial charge in [-0.25, -0.2) is 0 Å². The van der Waals surface area contributed by atoms with E-state index in [2.05, 4.69) is 0 Å². The van der Waals surface area contributed by atoms with Gasteiger partial charge in [-0.1, -0.05) is 6.07 Å². The van der Waals surface area contributed by atoms with Crippen LogP contribution in [-0.2, 0) is 0 Å². The predicted octanol–water partition coefficient (Wildman–Crippen LogP) is -0.964. The van der Waals surface area contributed by atoms with Crippen LogP contribution in [0.4, 0.5) is 0 Å². The van der Waals surface area contributed by atoms with Crippen LogP contribution in [0.25, 0.3) is 21.9 Å². The third-order valence-electron chi connectivity index (χ3n) is 3.11. The van der Waals surface area contributed by atoms with Gasteiger partial charge in [0.1, 0.15) is 11.2 Å². The Labute approximate surface area is 146 Å². The summed E-state index contributed by atoms with van der Waals surface area (Å²) in [4.78, 5) is 24.2. The van der Waals surface area contributed by atoms with Crippen molar-refractivity contribution in [3.63, 3.8) is 0 Å². The molecule has 0 amide bonds. The maximum absolute atomic E-state index is 12.4. The minimum absolute atomic E-state index is 0. The molecule has 0 saturated heterocycles. The summed E-state index contributed by atoms with van der Waals surface area (Å²) in [7, 11) is 0. The van der Waals surface area contributed by atoms with Crippen molar-refractivity contribution in [3.05, 3.63) is 52.2 Å². The maximum atomic E-state index is 12.4. The van der Waals surface area contributed by atoms with E-state index in [0.29, 0.717) is 16.4 Å². The molecule has 0 bridgehead atoms. The van der Waals surface area contributed by atoms with E-state index in [-0.39, 0.29) is 46.1 Å². The van der Waals surface area contributed by atoms with Crippen LogP contribution >= 0.6 is 11.8 Å². The zero-order chi connectivity index (χ0) is 14.3. The molecule has 21 heavy (non-hydrogen) atoms. The number of carboxylic acid groups (broad SMARTS) is 1. The second-order valence-electron chi connectivity index (χ2n) is 4.29. The number of aromatic carboxylic acids is 1. The summed E-state index contributed by atoms with van der Waals surface area (Å²) < 4.78 is 5.62. The molecule has 0 aliphatic rings. The van der Waals surface area contributed by atoms with E-state index in [9.17, 15) is 14.7 Å². The first-order chi connectivity index (χ1) is 9.60. The van der Waals surface area contributed by atoms with Crippen LogP contribution in [0.5, 0.6) is 0 Å². The zero-order valence-electron chi connectivity index (χ0n) is 11.5. The van der Waals surface area contributed by atoms with Crippen molar-refractivity contribution in [2.75, 3.05) is 6.26 Å². The second kappa shape index (κ2) is 6.23. The van der Waals surface area contributed by atoms with Crippen LogP contribution < -0.4 is 40.1 Å². The second-order valence-corrected chi connectivity index (χ2v) is 5.17. The summed E-state index contributed by atoms with van der Waals surface area (Å²) in [6, 6.07) is 9.46. The van der Waals surface area contributed by atoms with E-state index < -0.39 is 5.97 Å². The fourth-order valence-electron chi connectivity index (χ4n) is 2.09. The predicted molar refractivity (Wildman–Crippen MR) is 76.1 cm³/mol. The number of thioether (sulfide) groups is 1. The third-order valence-corrected chi connectivity index (χ3v) is 3.84. The minimum atomic E-state index is -1.30. The molecule has 0 atom stereocenters. The molecule has 0 fully saturated rings. The van der Waals surface area contributed by atoms with Gasteiger partial charge in [0.2, 0.25) is 5.43 Å². The standard InChI is InChI=1S/C15H10O4S.Na/c1-20-9-3-5-12-11(7-9)14(16)10-4-2-8(15(17)18)6-13(10)19-12;/h2-7H,1H3,(H,17,18);/q;+1/p-1. The van der Waals surface area contributed by atoms with Crippen LogP contribution in [0.15, 0.2) is 50.5 Å². The molecule has 4 nitrogen and oxygen atoms in total. The van der Waals surface area contributed by atoms with E-state index >= 15 is 0 Å². The number of carboxylic acids is 1. The van der Waals surface area contributed by atoms with Crippen LogP contribution in [-0.4, -0.2) is 12.2 Å². The van der Waals surface area contributed by atoms with Crippen LogP contribution in [0.2, 0.25) is 0 Å². The number of carbonyl (C=O) groups excluding carboxylic acids is 1. The molecule has 100 valence electrons. The summed E-state index contributed by atoms with van der Waals surface area (Å²) in [5, 5.41) is 11.7. The molecule has 1 aromatic heterocycles. The van der Waals surface area contributed by atoms with Gasteiger partial charge in [-0.15, -0.1) is 11.8 Å². The quantitative estimate of drug-likeness (QED) is 0.346. The van der Waals surface area contributed by atoms with Crippen molar-refractivity contribution in [1.29, 1.82) is 0 Å². The summed E-state index contributed by atoms with van der Waals surface area (Å²) in [6.07, 6.45) is 1.93. The summed E-state index contributed by atoms with van der Waals surface area (Å²) >= 11 is 1.54. The first-order valence-corrected chi connectivity index (χ1v) is 7.08. The Bertz CT molecular complexity index is 901. The first kappa shape index (κ1) is 16.1. The number of fused-ring (bicyclic) bond motifs is 2. The topological polar surface area (TPSA) is 70.3 Å². The van der Waals surface area contributed by atoms with Gasteiger partial charge in [0.15, 0.2) is 0 Å². The molecule has 0 radical (unpaired) electrons. The van der Waals surface area contributed by atoms with Crippen LogP contribution in [0.3, 0.4) is 0 Å². The smallest absolute Gasteiger partial charge is 0.545 e. The molecule has 0 aliphatic heterocycles. The number of hydrogen-bond donors (Lipinski definition) is 0. The van der Waals surface area contributed by atoms with E-state index in [1.807, 2.05) is 12.3 Å². The Morgan fingerprint density at radius 2 is 1.86 bits per heavy atom. The molecule has 3 aromatic rings. The van der Waals surface area contributed by atoms with E-state index in [0.717, 1.165) is 4.90 Å². The normalized spacial score (nSPS) is 10.5. The van der Waals surface area contributed by atoms with Gasteiger partial charge in [-0.05, 0) is 36.6 Å². The molecular formula is C15H9NaO4S. The van der Waals surface area contributed by atoms with Gasteiger partial charge in [-0.2, -0.15) is 0 Å². The Kier molecular flexibility index (Phi) is 4.78. The van der Waals surface area contributed by atoms with Crippen molar-refractivity contribution in [2.45, 2.75) is 4.90 Å². The molecule has 0 N–H and O–H groups in total. The number of benzene rings is 2. The summed E-state index contributed by atoms with van der Waals surface area (Å²) in [6.45, 7) is 0. The molecule has 0 spiro atoms. The third kappa shape index (κ3) is 2.87. The van der Waals surface area contributed by atoms with Gasteiger partial charge in [0, 0.05) is 10.5 Å². The van der Waals surface area contributed by atoms with Gasteiger partial charge < -0.3 is 14.3 Å². The fraction of sp³-hybridized carbons (Fsp3) is 0.0667. The van der Waals surface area contributed by atoms with Crippen molar-refractivity contribution in [2.24, 2.45) is 0 Å². The Balaban J connectivity index is 0.00000161. The molecule has 0 aliphatic carbocycles. The zero-order valence-corrected chi connectivity index (χ0v) is 14.3. The van der Waals surface area contributed by atoms with Gasteiger partial charge in [-0.3, -0.25) is 4.79 Å². The van der Waals surface area contributed by atoms with Crippen molar-refractivity contribution in [3.8, 4) is 0 Å². The monoisotopic (exact) mass is 308 g/mol. The van der Waals surface area contributed by atoms with Crippen LogP contribution in [0.1, 0.15) is 10.4 Å². The maximum Gasteiger partial charge on any atom is 1.00 e. The first-order valence-electron chi connectivity index (χ1n) is 5.86. The fourth-order valence-corrected chi connectivity index (χ4v) is 2.53. The van der Waals surface area contributed by atoms with Gasteiger partial charge in [0.25, 0.3) is 0 Å². The number of rotatable bonds is 2. The van der Waals surface area contributed by atoms with E-state index in [4.69, 9.17) is 4.42 Å². The Morgan fingerprint density at radius 1 is 1.10 bits per heavy atom. The van der Waals surface area contributed by atoms with Gasteiger partial charge in [0.05, 0.1) is 16.7 Å². The minimum Gasteiger partial charge on any atom is -0.545 e. The number of carbonyl (C=O) groups is 1. The molecule has 2 aromatic carbocycles. The molecule has 0 unspecified atom stereocenters. The molecule has 6 heteroatoms.